The van der Waals surface area contributed by atoms with Crippen LogP contribution in [0.1, 0.15) is 24.8 Å². The van der Waals surface area contributed by atoms with Gasteiger partial charge in [0.05, 0.1) is 11.5 Å². The fourth-order valence-electron chi connectivity index (χ4n) is 4.15. The van der Waals surface area contributed by atoms with Gasteiger partial charge in [-0.1, -0.05) is 6.07 Å². The van der Waals surface area contributed by atoms with Crippen LogP contribution < -0.4 is 10.2 Å². The number of benzene rings is 1. The Bertz CT molecular complexity index is 708. The molecule has 0 saturated carbocycles. The van der Waals surface area contributed by atoms with Crippen molar-refractivity contribution in [1.82, 2.24) is 9.62 Å². The van der Waals surface area contributed by atoms with Crippen molar-refractivity contribution in [2.75, 3.05) is 50.8 Å². The molecule has 4 rings (SSSR count). The molecule has 0 radical (unpaired) electrons. The minimum Gasteiger partial charge on any atom is -0.380 e. The van der Waals surface area contributed by atoms with Crippen molar-refractivity contribution in [2.45, 2.75) is 36.6 Å². The van der Waals surface area contributed by atoms with Gasteiger partial charge >= 0.3 is 0 Å². The topological polar surface area (TPSA) is 61.9 Å². The molecule has 2 fully saturated rings. The van der Waals surface area contributed by atoms with E-state index in [0.717, 1.165) is 51.0 Å². The normalized spacial score (nSPS) is 23.4. The molecule has 138 valence electrons. The number of rotatable bonds is 3. The minimum absolute atomic E-state index is 0.425. The van der Waals surface area contributed by atoms with E-state index in [0.29, 0.717) is 37.2 Å². The summed E-state index contributed by atoms with van der Waals surface area (Å²) < 4.78 is 33.1. The summed E-state index contributed by atoms with van der Waals surface area (Å²) in [4.78, 5) is 2.86. The first-order valence-electron chi connectivity index (χ1n) is 9.34. The zero-order valence-corrected chi connectivity index (χ0v) is 15.4. The third-order valence-corrected chi connectivity index (χ3v) is 7.45. The van der Waals surface area contributed by atoms with E-state index in [-0.39, 0.29) is 0 Å². The van der Waals surface area contributed by atoms with Gasteiger partial charge in [-0.05, 0) is 56.5 Å². The minimum atomic E-state index is -3.45. The predicted octanol–water partition coefficient (Wildman–Crippen LogP) is 1.21. The van der Waals surface area contributed by atoms with Crippen molar-refractivity contribution in [3.05, 3.63) is 23.8 Å². The molecule has 1 N–H and O–H groups in total. The van der Waals surface area contributed by atoms with E-state index in [2.05, 4.69) is 10.2 Å². The maximum atomic E-state index is 13.1. The van der Waals surface area contributed by atoms with Crippen LogP contribution in [0, 0.1) is 0 Å². The van der Waals surface area contributed by atoms with Gasteiger partial charge in [0.15, 0.2) is 0 Å². The van der Waals surface area contributed by atoms with Crippen molar-refractivity contribution in [1.29, 1.82) is 0 Å². The number of nitrogens with zero attached hydrogens (tertiary/aromatic N) is 2. The van der Waals surface area contributed by atoms with Gasteiger partial charge in [-0.3, -0.25) is 0 Å². The van der Waals surface area contributed by atoms with Crippen LogP contribution in [0.5, 0.6) is 0 Å². The summed E-state index contributed by atoms with van der Waals surface area (Å²) in [7, 11) is -3.45. The van der Waals surface area contributed by atoms with Gasteiger partial charge in [0.25, 0.3) is 0 Å². The van der Waals surface area contributed by atoms with E-state index in [4.69, 9.17) is 4.74 Å². The average Bonchev–Trinajstić information content (AvgIpc) is 2.86. The molecule has 0 atom stereocenters. The average molecular weight is 365 g/mol. The molecule has 0 aromatic heterocycles. The molecule has 0 aliphatic carbocycles. The second kappa shape index (κ2) is 7.23. The van der Waals surface area contributed by atoms with Crippen LogP contribution in [0.2, 0.25) is 0 Å². The zero-order valence-electron chi connectivity index (χ0n) is 14.6. The second-order valence-electron chi connectivity index (χ2n) is 7.09. The molecule has 25 heavy (non-hydrogen) atoms. The number of hydrogen-bond donors (Lipinski definition) is 1. The molecular formula is C18H27N3O3S. The van der Waals surface area contributed by atoms with Crippen LogP contribution >= 0.6 is 0 Å². The van der Waals surface area contributed by atoms with Crippen LogP contribution in [-0.4, -0.2) is 64.7 Å². The summed E-state index contributed by atoms with van der Waals surface area (Å²) in [6.45, 7) is 5.19. The van der Waals surface area contributed by atoms with Crippen LogP contribution in [0.4, 0.5) is 5.69 Å². The van der Waals surface area contributed by atoms with Crippen molar-refractivity contribution in [3.63, 3.8) is 0 Å². The van der Waals surface area contributed by atoms with Crippen molar-refractivity contribution in [2.24, 2.45) is 0 Å². The Morgan fingerprint density at radius 3 is 2.76 bits per heavy atom. The highest BCUT2D eigenvalue weighted by atomic mass is 32.2. The lowest BCUT2D eigenvalue weighted by Crippen LogP contribution is -2.42. The standard InChI is InChI=1S/C18H27N3O3S/c22-25(23,20-9-1-12-24-13-11-20)17-3-2-15-6-10-21(18(15)14-17)16-4-7-19-8-5-16/h2-3,14,16,19H,1,4-13H2. The summed E-state index contributed by atoms with van der Waals surface area (Å²) in [6, 6.07) is 6.22. The highest BCUT2D eigenvalue weighted by Crippen LogP contribution is 2.34. The quantitative estimate of drug-likeness (QED) is 0.873. The first-order chi connectivity index (χ1) is 12.2. The maximum absolute atomic E-state index is 13.1. The summed E-state index contributed by atoms with van der Waals surface area (Å²) >= 11 is 0. The van der Waals surface area contributed by atoms with Gasteiger partial charge in [-0.2, -0.15) is 4.31 Å². The SMILES string of the molecule is O=S(=O)(c1ccc2c(c1)N(C1CCNCC1)CC2)N1CCCOCC1. The van der Waals surface area contributed by atoms with Gasteiger partial charge in [0.2, 0.25) is 10.0 Å². The summed E-state index contributed by atoms with van der Waals surface area (Å²) in [6.07, 6.45) is 4.02. The number of ether oxygens (including phenoxy) is 1. The lowest BCUT2D eigenvalue weighted by Gasteiger charge is -2.34. The number of nitrogens with one attached hydrogen (secondary N) is 1. The fraction of sp³-hybridized carbons (Fsp3) is 0.667. The number of sulfonamides is 1. The lowest BCUT2D eigenvalue weighted by molar-refractivity contribution is 0.148. The smallest absolute Gasteiger partial charge is 0.243 e. The number of fused-ring (bicyclic) bond motifs is 1. The molecule has 3 heterocycles. The molecule has 1 aromatic rings. The van der Waals surface area contributed by atoms with E-state index in [9.17, 15) is 8.42 Å². The van der Waals surface area contributed by atoms with Gasteiger partial charge in [-0.25, -0.2) is 8.42 Å². The highest BCUT2D eigenvalue weighted by Gasteiger charge is 2.31. The summed E-state index contributed by atoms with van der Waals surface area (Å²) in [5, 5.41) is 3.41. The number of piperidine rings is 1. The maximum Gasteiger partial charge on any atom is 0.243 e. The van der Waals surface area contributed by atoms with E-state index in [1.54, 1.807) is 10.4 Å². The van der Waals surface area contributed by atoms with Gasteiger partial charge < -0.3 is 15.0 Å². The number of anilines is 1. The molecule has 6 nitrogen and oxygen atoms in total. The zero-order chi connectivity index (χ0) is 17.3. The van der Waals surface area contributed by atoms with Crippen molar-refractivity contribution < 1.29 is 13.2 Å². The molecule has 1 aromatic carbocycles. The first kappa shape index (κ1) is 17.3. The Morgan fingerprint density at radius 2 is 1.92 bits per heavy atom. The molecule has 0 amide bonds. The highest BCUT2D eigenvalue weighted by molar-refractivity contribution is 7.89. The number of hydrogen-bond acceptors (Lipinski definition) is 5. The Labute approximate surface area is 150 Å². The lowest BCUT2D eigenvalue weighted by atomic mass is 10.0. The van der Waals surface area contributed by atoms with Crippen LogP contribution in [0.15, 0.2) is 23.1 Å². The monoisotopic (exact) mass is 365 g/mol. The van der Waals surface area contributed by atoms with E-state index < -0.39 is 10.0 Å². The van der Waals surface area contributed by atoms with Crippen LogP contribution in [-0.2, 0) is 21.2 Å². The molecule has 2 saturated heterocycles. The molecular weight excluding hydrogens is 338 g/mol. The summed E-state index contributed by atoms with van der Waals surface area (Å²) in [5.41, 5.74) is 2.40. The molecule has 3 aliphatic rings. The second-order valence-corrected chi connectivity index (χ2v) is 9.02. The molecule has 7 heteroatoms. The summed E-state index contributed by atoms with van der Waals surface area (Å²) in [5.74, 6) is 0. The molecule has 0 bridgehead atoms. The van der Waals surface area contributed by atoms with Crippen molar-refractivity contribution in [3.8, 4) is 0 Å². The predicted molar refractivity (Wildman–Crippen MR) is 97.6 cm³/mol. The molecule has 0 unspecified atom stereocenters. The van der Waals surface area contributed by atoms with Gasteiger partial charge in [-0.15, -0.1) is 0 Å². The third-order valence-electron chi connectivity index (χ3n) is 5.56. The largest absolute Gasteiger partial charge is 0.380 e. The van der Waals surface area contributed by atoms with Gasteiger partial charge in [0, 0.05) is 38.0 Å². The first-order valence-corrected chi connectivity index (χ1v) is 10.8. The van der Waals surface area contributed by atoms with Crippen LogP contribution in [0.25, 0.3) is 0 Å². The molecule has 0 spiro atoms. The van der Waals surface area contributed by atoms with E-state index in [1.807, 2.05) is 12.1 Å². The third kappa shape index (κ3) is 3.43. The van der Waals surface area contributed by atoms with Gasteiger partial charge in [0.1, 0.15) is 0 Å². The van der Waals surface area contributed by atoms with Crippen molar-refractivity contribution >= 4 is 15.7 Å². The Balaban J connectivity index is 1.61. The fourth-order valence-corrected chi connectivity index (χ4v) is 5.64. The Hall–Kier alpha value is -1.15. The van der Waals surface area contributed by atoms with E-state index >= 15 is 0 Å². The van der Waals surface area contributed by atoms with E-state index in [1.165, 1.54) is 5.56 Å². The Morgan fingerprint density at radius 1 is 1.08 bits per heavy atom. The Kier molecular flexibility index (Phi) is 4.99. The van der Waals surface area contributed by atoms with Crippen LogP contribution in [0.3, 0.4) is 0 Å². The molecule has 3 aliphatic heterocycles.